The van der Waals surface area contributed by atoms with E-state index in [0.29, 0.717) is 25.1 Å². The minimum atomic E-state index is -1.01. The van der Waals surface area contributed by atoms with Crippen molar-refractivity contribution in [3.63, 3.8) is 0 Å². The van der Waals surface area contributed by atoms with Crippen molar-refractivity contribution in [1.29, 1.82) is 0 Å². The fourth-order valence-electron chi connectivity index (χ4n) is 2.98. The van der Waals surface area contributed by atoms with E-state index in [-0.39, 0.29) is 18.4 Å². The minimum Gasteiger partial charge on any atom is -0.436 e. The minimum absolute atomic E-state index is 0.0738. The van der Waals surface area contributed by atoms with Gasteiger partial charge in [-0.15, -0.1) is 0 Å². The molecule has 1 fully saturated rings. The number of anilines is 1. The van der Waals surface area contributed by atoms with Crippen LogP contribution in [0.2, 0.25) is 0 Å². The zero-order chi connectivity index (χ0) is 19.3. The first kappa shape index (κ1) is 19.7. The molecule has 0 aromatic heterocycles. The molecule has 3 amide bonds. The summed E-state index contributed by atoms with van der Waals surface area (Å²) in [6, 6.07) is 6.18. The van der Waals surface area contributed by atoms with Gasteiger partial charge in [0.05, 0.1) is 6.61 Å². The monoisotopic (exact) mass is 363 g/mol. The summed E-state index contributed by atoms with van der Waals surface area (Å²) >= 11 is 0. The Bertz CT molecular complexity index is 659. The predicted molar refractivity (Wildman–Crippen MR) is 95.0 cm³/mol. The van der Waals surface area contributed by atoms with Gasteiger partial charge >= 0.3 is 6.09 Å². The lowest BCUT2D eigenvalue weighted by Gasteiger charge is -2.29. The van der Waals surface area contributed by atoms with Crippen molar-refractivity contribution in [2.24, 2.45) is 11.7 Å². The number of nitrogens with one attached hydrogen (secondary N) is 1. The van der Waals surface area contributed by atoms with E-state index in [1.165, 1.54) is 4.90 Å². The lowest BCUT2D eigenvalue weighted by molar-refractivity contribution is -0.146. The number of aliphatic hydroxyl groups is 1. The molecule has 1 aromatic rings. The Balaban J connectivity index is 2.08. The molecule has 2 rings (SSSR count). The van der Waals surface area contributed by atoms with Gasteiger partial charge in [-0.3, -0.25) is 9.59 Å². The number of carbonyl (C=O) groups is 3. The third-order valence-corrected chi connectivity index (χ3v) is 4.33. The van der Waals surface area contributed by atoms with Gasteiger partial charge in [-0.2, -0.15) is 0 Å². The molecule has 0 radical (unpaired) electrons. The number of amides is 3. The number of ether oxygens (including phenoxy) is 1. The molecule has 1 saturated heterocycles. The number of nitrogens with zero attached hydrogens (tertiary/aromatic N) is 1. The standard InChI is InChI=1S/C18H25N3O5/c1-11(2)15(26-18(19)25)17(24)21-9-3-4-14(21)16(23)20-13-7-5-12(10-22)6-8-13/h5-8,11,14-15,22H,3-4,9-10H2,1-2H3,(H2,19,25)(H,20,23). The molecule has 2 atom stereocenters. The Hall–Kier alpha value is -2.61. The van der Waals surface area contributed by atoms with Crippen molar-refractivity contribution in [3.8, 4) is 0 Å². The Labute approximate surface area is 152 Å². The average Bonchev–Trinajstić information content (AvgIpc) is 3.09. The van der Waals surface area contributed by atoms with Crippen LogP contribution in [0.25, 0.3) is 0 Å². The number of aliphatic hydroxyl groups excluding tert-OH is 1. The maximum Gasteiger partial charge on any atom is 0.405 e. The average molecular weight is 363 g/mol. The third-order valence-electron chi connectivity index (χ3n) is 4.33. The van der Waals surface area contributed by atoms with Crippen LogP contribution in [0.5, 0.6) is 0 Å². The van der Waals surface area contributed by atoms with E-state index < -0.39 is 24.1 Å². The van der Waals surface area contributed by atoms with Crippen molar-refractivity contribution in [2.45, 2.75) is 45.4 Å². The summed E-state index contributed by atoms with van der Waals surface area (Å²) < 4.78 is 4.95. The summed E-state index contributed by atoms with van der Waals surface area (Å²) in [5.41, 5.74) is 6.38. The van der Waals surface area contributed by atoms with Crippen molar-refractivity contribution in [3.05, 3.63) is 29.8 Å². The van der Waals surface area contributed by atoms with Gasteiger partial charge in [-0.1, -0.05) is 26.0 Å². The highest BCUT2D eigenvalue weighted by molar-refractivity contribution is 5.98. The first-order chi connectivity index (χ1) is 12.3. The van der Waals surface area contributed by atoms with E-state index in [4.69, 9.17) is 15.6 Å². The molecular formula is C18H25N3O5. The van der Waals surface area contributed by atoms with Crippen LogP contribution in [0.15, 0.2) is 24.3 Å². The maximum absolute atomic E-state index is 12.8. The van der Waals surface area contributed by atoms with E-state index in [0.717, 1.165) is 5.56 Å². The van der Waals surface area contributed by atoms with E-state index in [1.807, 2.05) is 0 Å². The summed E-state index contributed by atoms with van der Waals surface area (Å²) in [5, 5.41) is 11.8. The summed E-state index contributed by atoms with van der Waals surface area (Å²) in [6.07, 6.45) is -0.798. The molecule has 1 heterocycles. The zero-order valence-corrected chi connectivity index (χ0v) is 15.0. The fourth-order valence-corrected chi connectivity index (χ4v) is 2.98. The number of hydrogen-bond acceptors (Lipinski definition) is 5. The van der Waals surface area contributed by atoms with Crippen molar-refractivity contribution in [1.82, 2.24) is 4.90 Å². The van der Waals surface area contributed by atoms with Gasteiger partial charge in [0.25, 0.3) is 5.91 Å². The molecule has 0 aliphatic carbocycles. The molecule has 1 aliphatic rings. The highest BCUT2D eigenvalue weighted by Crippen LogP contribution is 2.23. The molecule has 0 bridgehead atoms. The molecule has 142 valence electrons. The van der Waals surface area contributed by atoms with Crippen LogP contribution < -0.4 is 11.1 Å². The van der Waals surface area contributed by atoms with Gasteiger partial charge in [0, 0.05) is 12.2 Å². The topological polar surface area (TPSA) is 122 Å². The Kier molecular flexibility index (Phi) is 6.57. The van der Waals surface area contributed by atoms with Crippen LogP contribution >= 0.6 is 0 Å². The molecule has 0 spiro atoms. The molecular weight excluding hydrogens is 338 g/mol. The first-order valence-electron chi connectivity index (χ1n) is 8.60. The number of nitrogens with two attached hydrogens (primary N) is 1. The molecule has 8 nitrogen and oxygen atoms in total. The van der Waals surface area contributed by atoms with Crippen LogP contribution in [-0.4, -0.2) is 46.6 Å². The maximum atomic E-state index is 12.8. The lowest BCUT2D eigenvalue weighted by atomic mass is 10.1. The summed E-state index contributed by atoms with van der Waals surface area (Å²) in [5.74, 6) is -0.966. The number of hydrogen-bond donors (Lipinski definition) is 3. The summed E-state index contributed by atoms with van der Waals surface area (Å²) in [4.78, 5) is 37.9. The van der Waals surface area contributed by atoms with Gasteiger partial charge in [0.1, 0.15) is 6.04 Å². The smallest absolute Gasteiger partial charge is 0.405 e. The van der Waals surface area contributed by atoms with Crippen LogP contribution in [0, 0.1) is 5.92 Å². The highest BCUT2D eigenvalue weighted by Gasteiger charge is 2.39. The molecule has 1 aromatic carbocycles. The lowest BCUT2D eigenvalue weighted by Crippen LogP contribution is -2.50. The van der Waals surface area contributed by atoms with Crippen molar-refractivity contribution < 1.29 is 24.2 Å². The van der Waals surface area contributed by atoms with Gasteiger partial charge in [0.2, 0.25) is 5.91 Å². The van der Waals surface area contributed by atoms with Gasteiger partial charge in [0.15, 0.2) is 6.10 Å². The molecule has 1 aliphatic heterocycles. The van der Waals surface area contributed by atoms with Crippen LogP contribution in [0.4, 0.5) is 10.5 Å². The van der Waals surface area contributed by atoms with Gasteiger partial charge in [-0.25, -0.2) is 4.79 Å². The Morgan fingerprint density at radius 2 is 1.96 bits per heavy atom. The van der Waals surface area contributed by atoms with Crippen LogP contribution in [0.3, 0.4) is 0 Å². The van der Waals surface area contributed by atoms with E-state index in [9.17, 15) is 14.4 Å². The summed E-state index contributed by atoms with van der Waals surface area (Å²) in [6.45, 7) is 3.85. The Morgan fingerprint density at radius 1 is 1.31 bits per heavy atom. The third kappa shape index (κ3) is 4.72. The van der Waals surface area contributed by atoms with Crippen LogP contribution in [0.1, 0.15) is 32.3 Å². The second-order valence-electron chi connectivity index (χ2n) is 6.64. The van der Waals surface area contributed by atoms with Gasteiger partial charge in [-0.05, 0) is 36.5 Å². The largest absolute Gasteiger partial charge is 0.436 e. The molecule has 8 heteroatoms. The molecule has 0 saturated carbocycles. The predicted octanol–water partition coefficient (Wildman–Crippen LogP) is 1.23. The van der Waals surface area contributed by atoms with E-state index >= 15 is 0 Å². The quantitative estimate of drug-likeness (QED) is 0.702. The first-order valence-corrected chi connectivity index (χ1v) is 8.60. The number of benzene rings is 1. The normalized spacial score (nSPS) is 17.8. The second kappa shape index (κ2) is 8.66. The van der Waals surface area contributed by atoms with Gasteiger partial charge < -0.3 is 25.8 Å². The molecule has 26 heavy (non-hydrogen) atoms. The number of carbonyl (C=O) groups excluding carboxylic acids is 3. The zero-order valence-electron chi connectivity index (χ0n) is 15.0. The van der Waals surface area contributed by atoms with Crippen molar-refractivity contribution >= 4 is 23.6 Å². The second-order valence-corrected chi connectivity index (χ2v) is 6.64. The van der Waals surface area contributed by atoms with E-state index in [2.05, 4.69) is 5.32 Å². The van der Waals surface area contributed by atoms with Crippen LogP contribution in [-0.2, 0) is 20.9 Å². The SMILES string of the molecule is CC(C)C(OC(N)=O)C(=O)N1CCCC1C(=O)Nc1ccc(CO)cc1. The Morgan fingerprint density at radius 3 is 2.50 bits per heavy atom. The fraction of sp³-hybridized carbons (Fsp3) is 0.500. The molecule has 4 N–H and O–H groups in total. The highest BCUT2D eigenvalue weighted by atomic mass is 16.6. The van der Waals surface area contributed by atoms with Crippen molar-refractivity contribution in [2.75, 3.05) is 11.9 Å². The number of rotatable bonds is 6. The van der Waals surface area contributed by atoms with E-state index in [1.54, 1.807) is 38.1 Å². The number of likely N-dealkylation sites (tertiary alicyclic amines) is 1. The molecule has 2 unspecified atom stereocenters. The summed E-state index contributed by atoms with van der Waals surface area (Å²) in [7, 11) is 0. The number of primary amides is 1.